The number of halogens is 2. The van der Waals surface area contributed by atoms with E-state index in [1.165, 1.54) is 28.8 Å². The molecule has 0 radical (unpaired) electrons. The Kier molecular flexibility index (Phi) is 6.96. The molecule has 0 N–H and O–H groups in total. The third-order valence-electron chi connectivity index (χ3n) is 10.7. The average Bonchev–Trinajstić information content (AvgIpc) is 3.75. The summed E-state index contributed by atoms with van der Waals surface area (Å²) in [6.45, 7) is 0. The van der Waals surface area contributed by atoms with E-state index in [1.54, 1.807) is 3.28 Å². The van der Waals surface area contributed by atoms with Crippen molar-refractivity contribution in [2.75, 3.05) is 0 Å². The third kappa shape index (κ3) is 3.22. The minimum atomic E-state index is -5.29. The maximum atomic E-state index is 2.79. The van der Waals surface area contributed by atoms with Gasteiger partial charge in [0.2, 0.25) is 0 Å². The first-order chi connectivity index (χ1) is 18.1. The van der Waals surface area contributed by atoms with Crippen LogP contribution < -0.4 is 6.54 Å². The fourth-order valence-corrected chi connectivity index (χ4v) is 36.8. The zero-order chi connectivity index (χ0) is 25.0. The first-order valence-electron chi connectivity index (χ1n) is 13.5. The fourth-order valence-electron chi connectivity index (χ4n) is 8.86. The molecule has 0 bridgehead atoms. The summed E-state index contributed by atoms with van der Waals surface area (Å²) in [5.74, 6) is 0. The fraction of sp³-hybridized carbons (Fsp3) is 0.111. The van der Waals surface area contributed by atoms with Gasteiger partial charge >= 0.3 is 219 Å². The summed E-state index contributed by atoms with van der Waals surface area (Å²) in [4.78, 5) is 0. The van der Waals surface area contributed by atoms with Gasteiger partial charge in [-0.3, -0.25) is 0 Å². The Morgan fingerprint density at radius 2 is 1.00 bits per heavy atom. The number of allylic oxidation sites excluding steroid dienone is 6. The molecule has 196 valence electrons. The van der Waals surface area contributed by atoms with Gasteiger partial charge in [0, 0.05) is 0 Å². The Hall–Kier alpha value is -2.70. The van der Waals surface area contributed by atoms with E-state index in [4.69, 9.17) is 0 Å². The molecule has 0 aliphatic heterocycles. The van der Waals surface area contributed by atoms with Gasteiger partial charge in [0.15, 0.2) is 0 Å². The Morgan fingerprint density at radius 1 is 0.564 bits per heavy atom. The summed E-state index contributed by atoms with van der Waals surface area (Å²) in [6, 6.07) is 41.5. The van der Waals surface area contributed by atoms with Crippen molar-refractivity contribution in [3.8, 4) is 0 Å². The van der Waals surface area contributed by atoms with E-state index in [1.807, 2.05) is 0 Å². The van der Waals surface area contributed by atoms with Crippen molar-refractivity contribution in [1.29, 1.82) is 0 Å². The molecule has 39 heavy (non-hydrogen) atoms. The molecule has 0 nitrogen and oxygen atoms in total. The summed E-state index contributed by atoms with van der Waals surface area (Å²) in [6.07, 6.45) is 18.1. The molecule has 0 spiro atoms. The third-order valence-corrected chi connectivity index (χ3v) is 39.0. The van der Waals surface area contributed by atoms with Crippen LogP contribution in [0.3, 0.4) is 0 Å². The molecular formula is C36H34Cl2Zr. The van der Waals surface area contributed by atoms with E-state index in [-0.39, 0.29) is 32.1 Å². The van der Waals surface area contributed by atoms with Crippen molar-refractivity contribution in [3.63, 3.8) is 0 Å². The first kappa shape index (κ1) is 27.9. The van der Waals surface area contributed by atoms with Crippen LogP contribution in [0, 0.1) is 0 Å². The molecule has 4 aromatic carbocycles. The molecule has 3 aliphatic carbocycles. The molecule has 0 amide bonds. The normalized spacial score (nSPS) is 20.2. The molecule has 2 unspecified atom stereocenters. The predicted molar refractivity (Wildman–Crippen MR) is 171 cm³/mol. The Bertz CT molecular complexity index is 1560. The number of fused-ring (bicyclic) bond motifs is 2. The van der Waals surface area contributed by atoms with E-state index in [0.29, 0.717) is 0 Å². The van der Waals surface area contributed by atoms with E-state index < -0.39 is 17.3 Å². The Morgan fingerprint density at radius 3 is 1.44 bits per heavy atom. The van der Waals surface area contributed by atoms with Crippen LogP contribution in [0.5, 0.6) is 0 Å². The maximum absolute atomic E-state index is 5.29. The van der Waals surface area contributed by atoms with Gasteiger partial charge in [0.25, 0.3) is 0 Å². The van der Waals surface area contributed by atoms with Crippen LogP contribution in [-0.2, 0) is 17.3 Å². The van der Waals surface area contributed by atoms with E-state index >= 15 is 0 Å². The number of rotatable bonds is 5. The van der Waals surface area contributed by atoms with Crippen molar-refractivity contribution in [1.82, 2.24) is 0 Å². The minimum absolute atomic E-state index is 0. The van der Waals surface area contributed by atoms with Crippen LogP contribution in [0.1, 0.15) is 35.9 Å². The van der Waals surface area contributed by atoms with Crippen LogP contribution in [-0.4, -0.2) is 0 Å². The van der Waals surface area contributed by atoms with Crippen LogP contribution in [0.25, 0.3) is 12.2 Å². The van der Waals surface area contributed by atoms with Gasteiger partial charge in [0.1, 0.15) is 0 Å². The predicted octanol–water partition coefficient (Wildman–Crippen LogP) is 9.13. The molecule has 0 aromatic heterocycles. The second-order valence-electron chi connectivity index (χ2n) is 11.7. The Labute approximate surface area is 242 Å². The van der Waals surface area contributed by atoms with Crippen LogP contribution in [0.4, 0.5) is 0 Å². The standard InChI is InChI=1S/2C9H7.2C6H5.C5H5.CH3.2ClH.Zr/c2*1-2-5-9-7-3-6-8(9)4-1;2*1-2-4-6-5-3-1;1-2-4-5-3-1;;;;/h2*1-7H;2*1-5H;1-3H,4H2;1H3;2*1H;. The average molecular weight is 629 g/mol. The molecule has 0 saturated carbocycles. The van der Waals surface area contributed by atoms with Gasteiger partial charge in [0.05, 0.1) is 0 Å². The molecular weight excluding hydrogens is 595 g/mol. The summed E-state index contributed by atoms with van der Waals surface area (Å²) in [7, 11) is 0. The summed E-state index contributed by atoms with van der Waals surface area (Å²) >= 11 is -5.29. The molecule has 3 heteroatoms. The van der Waals surface area contributed by atoms with Crippen LogP contribution >= 0.6 is 24.8 Å². The zero-order valence-electron chi connectivity index (χ0n) is 22.1. The molecule has 3 aliphatic rings. The molecule has 0 saturated heterocycles. The van der Waals surface area contributed by atoms with E-state index in [0.717, 1.165) is 6.42 Å². The molecule has 0 heterocycles. The van der Waals surface area contributed by atoms with Gasteiger partial charge in [-0.1, -0.05) is 0 Å². The zero-order valence-corrected chi connectivity index (χ0v) is 26.2. The SMILES string of the molecule is Cl.Cl.[CH3][Zr]([C]1=CC=CC1)([c]1ccccc1)([c]1ccccc1)([CH]1C=Cc2ccccc21)[CH]1C=Cc2ccccc21. The number of hydrogen-bond donors (Lipinski definition) is 0. The summed E-state index contributed by atoms with van der Waals surface area (Å²) in [5, 5.41) is 0. The van der Waals surface area contributed by atoms with Gasteiger partial charge in [-0.15, -0.1) is 24.8 Å². The number of benzene rings is 4. The second kappa shape index (κ2) is 9.74. The monoisotopic (exact) mass is 626 g/mol. The van der Waals surface area contributed by atoms with E-state index in [9.17, 15) is 0 Å². The quantitative estimate of drug-likeness (QED) is 0.207. The van der Waals surface area contributed by atoms with Crippen molar-refractivity contribution < 1.29 is 17.3 Å². The van der Waals surface area contributed by atoms with Gasteiger partial charge < -0.3 is 0 Å². The van der Waals surface area contributed by atoms with Crippen molar-refractivity contribution in [3.05, 3.63) is 165 Å². The van der Waals surface area contributed by atoms with Crippen LogP contribution in [0.15, 0.2) is 143 Å². The Balaban J connectivity index is 0.00000154. The van der Waals surface area contributed by atoms with Gasteiger partial charge in [-0.25, -0.2) is 0 Å². The molecule has 7 rings (SSSR count). The topological polar surface area (TPSA) is 0 Å². The van der Waals surface area contributed by atoms with Gasteiger partial charge in [-0.2, -0.15) is 0 Å². The second-order valence-corrected chi connectivity index (χ2v) is 32.6. The summed E-state index contributed by atoms with van der Waals surface area (Å²) < 4.78 is 8.03. The molecule has 0 fully saturated rings. The van der Waals surface area contributed by atoms with Crippen LogP contribution in [0.2, 0.25) is 4.63 Å². The van der Waals surface area contributed by atoms with Crippen molar-refractivity contribution in [2.24, 2.45) is 0 Å². The van der Waals surface area contributed by atoms with Crippen molar-refractivity contribution in [2.45, 2.75) is 18.3 Å². The molecule has 2 atom stereocenters. The molecule has 4 aromatic rings. The van der Waals surface area contributed by atoms with Gasteiger partial charge in [-0.05, 0) is 0 Å². The number of hydrogen-bond acceptors (Lipinski definition) is 0. The summed E-state index contributed by atoms with van der Waals surface area (Å²) in [5.41, 5.74) is 5.67. The first-order valence-corrected chi connectivity index (χ1v) is 22.5. The van der Waals surface area contributed by atoms with Crippen molar-refractivity contribution >= 4 is 43.5 Å². The van der Waals surface area contributed by atoms with E-state index in [2.05, 4.69) is 156 Å².